The Bertz CT molecular complexity index is 463. The lowest BCUT2D eigenvalue weighted by Crippen LogP contribution is -2.50. The normalized spacial score (nSPS) is 24.1. The maximum absolute atomic E-state index is 10.8. The maximum atomic E-state index is 10.8. The number of nitrogens with zero attached hydrogens (tertiary/aromatic N) is 2. The van der Waals surface area contributed by atoms with Crippen molar-refractivity contribution in [2.75, 3.05) is 31.1 Å². The van der Waals surface area contributed by atoms with E-state index in [9.17, 15) is 4.79 Å². The molecule has 1 aromatic rings. The van der Waals surface area contributed by atoms with Gasteiger partial charge in [0.1, 0.15) is 6.29 Å². The van der Waals surface area contributed by atoms with Gasteiger partial charge in [0.05, 0.1) is 5.69 Å². The molecule has 0 N–H and O–H groups in total. The lowest BCUT2D eigenvalue weighted by Gasteiger charge is -2.39. The first-order valence-electron chi connectivity index (χ1n) is 6.51. The predicted molar refractivity (Wildman–Crippen MR) is 76.3 cm³/mol. The topological polar surface area (TPSA) is 23.6 Å². The molecule has 1 atom stereocenters. The molecule has 0 bridgehead atoms. The molecular weight excluding hydrogens is 292 g/mol. The van der Waals surface area contributed by atoms with E-state index in [0.29, 0.717) is 0 Å². The molecule has 3 rings (SSSR count). The highest BCUT2D eigenvalue weighted by Crippen LogP contribution is 2.31. The molecule has 0 amide bonds. The van der Waals surface area contributed by atoms with E-state index in [1.54, 1.807) is 0 Å². The second-order valence-electron chi connectivity index (χ2n) is 5.11. The van der Waals surface area contributed by atoms with Crippen LogP contribution in [0, 0.1) is 0 Å². The second kappa shape index (κ2) is 5.02. The summed E-state index contributed by atoms with van der Waals surface area (Å²) in [5, 5.41) is 0. The average molecular weight is 309 g/mol. The summed E-state index contributed by atoms with van der Waals surface area (Å²) in [6.45, 7) is 4.62. The number of fused-ring (bicyclic) bond motifs is 1. The predicted octanol–water partition coefficient (Wildman–Crippen LogP) is 2.55. The van der Waals surface area contributed by atoms with Crippen LogP contribution >= 0.6 is 15.9 Å². The summed E-state index contributed by atoms with van der Waals surface area (Å²) in [5.74, 6) is 0. The molecule has 0 spiro atoms. The first-order chi connectivity index (χ1) is 8.78. The molecular formula is C14H17BrN2O. The van der Waals surface area contributed by atoms with Crippen LogP contribution in [0.1, 0.15) is 23.2 Å². The van der Waals surface area contributed by atoms with Crippen molar-refractivity contribution in [3.63, 3.8) is 0 Å². The average Bonchev–Trinajstić information content (AvgIpc) is 2.85. The molecule has 2 aliphatic rings. The van der Waals surface area contributed by atoms with E-state index in [4.69, 9.17) is 0 Å². The van der Waals surface area contributed by atoms with Crippen molar-refractivity contribution in [2.24, 2.45) is 0 Å². The lowest BCUT2D eigenvalue weighted by atomic mass is 10.1. The zero-order valence-electron chi connectivity index (χ0n) is 10.3. The molecule has 2 heterocycles. The second-order valence-corrected chi connectivity index (χ2v) is 5.96. The molecule has 96 valence electrons. The van der Waals surface area contributed by atoms with E-state index in [1.165, 1.54) is 25.1 Å². The third kappa shape index (κ3) is 2.19. The minimum absolute atomic E-state index is 0.719. The van der Waals surface area contributed by atoms with E-state index in [0.717, 1.165) is 42.0 Å². The number of benzene rings is 1. The van der Waals surface area contributed by atoms with Gasteiger partial charge in [-0.05, 0) is 53.5 Å². The summed E-state index contributed by atoms with van der Waals surface area (Å²) < 4.78 is 1.03. The molecule has 1 aromatic carbocycles. The molecule has 0 aromatic heterocycles. The van der Waals surface area contributed by atoms with Crippen LogP contribution in [-0.2, 0) is 0 Å². The van der Waals surface area contributed by atoms with Gasteiger partial charge in [-0.25, -0.2) is 0 Å². The number of anilines is 1. The summed E-state index contributed by atoms with van der Waals surface area (Å²) in [4.78, 5) is 15.8. The monoisotopic (exact) mass is 308 g/mol. The van der Waals surface area contributed by atoms with Crippen LogP contribution in [0.25, 0.3) is 0 Å². The summed E-state index contributed by atoms with van der Waals surface area (Å²) in [6, 6.07) is 6.58. The van der Waals surface area contributed by atoms with Crippen LogP contribution in [0.4, 0.5) is 5.69 Å². The van der Waals surface area contributed by atoms with Crippen LogP contribution in [0.5, 0.6) is 0 Å². The largest absolute Gasteiger partial charge is 0.368 e. The fourth-order valence-corrected chi connectivity index (χ4v) is 3.71. The minimum Gasteiger partial charge on any atom is -0.368 e. The van der Waals surface area contributed by atoms with Gasteiger partial charge in [0.25, 0.3) is 0 Å². The van der Waals surface area contributed by atoms with Crippen LogP contribution in [-0.4, -0.2) is 43.4 Å². The van der Waals surface area contributed by atoms with Gasteiger partial charge in [-0.15, -0.1) is 0 Å². The number of aldehydes is 1. The Morgan fingerprint density at radius 2 is 2.17 bits per heavy atom. The quantitative estimate of drug-likeness (QED) is 0.785. The van der Waals surface area contributed by atoms with Crippen LogP contribution in [0.15, 0.2) is 22.7 Å². The van der Waals surface area contributed by atoms with Gasteiger partial charge in [-0.2, -0.15) is 0 Å². The number of piperazine rings is 1. The molecule has 1 unspecified atom stereocenters. The standard InChI is InChI=1S/C14H17BrN2O/c15-13-8-11(10-18)3-4-14(13)17-7-6-16-5-1-2-12(16)9-17/h3-4,8,10,12H,1-2,5-7,9H2. The van der Waals surface area contributed by atoms with Gasteiger partial charge in [0.15, 0.2) is 0 Å². The zero-order chi connectivity index (χ0) is 12.5. The molecule has 0 aliphatic carbocycles. The Labute approximate surface area is 116 Å². The minimum atomic E-state index is 0.719. The maximum Gasteiger partial charge on any atom is 0.150 e. The van der Waals surface area contributed by atoms with Gasteiger partial charge in [0.2, 0.25) is 0 Å². The highest BCUT2D eigenvalue weighted by molar-refractivity contribution is 9.10. The van der Waals surface area contributed by atoms with E-state index in [1.807, 2.05) is 12.1 Å². The first kappa shape index (κ1) is 12.2. The van der Waals surface area contributed by atoms with Crippen LogP contribution < -0.4 is 4.90 Å². The molecule has 0 radical (unpaired) electrons. The number of hydrogen-bond acceptors (Lipinski definition) is 3. The van der Waals surface area contributed by atoms with Crippen molar-refractivity contribution in [3.05, 3.63) is 28.2 Å². The molecule has 0 saturated carbocycles. The van der Waals surface area contributed by atoms with E-state index in [-0.39, 0.29) is 0 Å². The van der Waals surface area contributed by atoms with Crippen molar-refractivity contribution in [1.29, 1.82) is 0 Å². The van der Waals surface area contributed by atoms with Crippen molar-refractivity contribution < 1.29 is 4.79 Å². The smallest absolute Gasteiger partial charge is 0.150 e. The number of carbonyl (C=O) groups is 1. The molecule has 2 saturated heterocycles. The Hall–Kier alpha value is -0.870. The summed E-state index contributed by atoms with van der Waals surface area (Å²) in [7, 11) is 0. The number of halogens is 1. The van der Waals surface area contributed by atoms with Crippen molar-refractivity contribution >= 4 is 27.9 Å². The molecule has 4 heteroatoms. The lowest BCUT2D eigenvalue weighted by molar-refractivity contribution is 0.112. The zero-order valence-corrected chi connectivity index (χ0v) is 11.9. The van der Waals surface area contributed by atoms with E-state index in [2.05, 4.69) is 31.8 Å². The molecule has 2 aliphatic heterocycles. The van der Waals surface area contributed by atoms with Crippen LogP contribution in [0.3, 0.4) is 0 Å². The van der Waals surface area contributed by atoms with Gasteiger partial charge in [0, 0.05) is 35.7 Å². The first-order valence-corrected chi connectivity index (χ1v) is 7.31. The van der Waals surface area contributed by atoms with Crippen molar-refractivity contribution in [3.8, 4) is 0 Å². The van der Waals surface area contributed by atoms with Crippen LogP contribution in [0.2, 0.25) is 0 Å². The van der Waals surface area contributed by atoms with Gasteiger partial charge >= 0.3 is 0 Å². The Balaban J connectivity index is 1.80. The fourth-order valence-electron chi connectivity index (χ4n) is 3.06. The summed E-state index contributed by atoms with van der Waals surface area (Å²) >= 11 is 3.58. The SMILES string of the molecule is O=Cc1ccc(N2CCN3CCCC3C2)c(Br)c1. The van der Waals surface area contributed by atoms with Gasteiger partial charge in [-0.3, -0.25) is 9.69 Å². The Morgan fingerprint density at radius 3 is 2.94 bits per heavy atom. The van der Waals surface area contributed by atoms with E-state index >= 15 is 0 Å². The highest BCUT2D eigenvalue weighted by atomic mass is 79.9. The van der Waals surface area contributed by atoms with Crippen molar-refractivity contribution in [1.82, 2.24) is 4.90 Å². The van der Waals surface area contributed by atoms with E-state index < -0.39 is 0 Å². The Kier molecular flexibility index (Phi) is 3.39. The number of carbonyl (C=O) groups excluding carboxylic acids is 1. The van der Waals surface area contributed by atoms with Gasteiger partial charge < -0.3 is 4.90 Å². The number of rotatable bonds is 2. The molecule has 2 fully saturated rings. The fraction of sp³-hybridized carbons (Fsp3) is 0.500. The van der Waals surface area contributed by atoms with Gasteiger partial charge in [-0.1, -0.05) is 0 Å². The summed E-state index contributed by atoms with van der Waals surface area (Å²) in [5.41, 5.74) is 1.94. The Morgan fingerprint density at radius 1 is 1.28 bits per heavy atom. The number of hydrogen-bond donors (Lipinski definition) is 0. The van der Waals surface area contributed by atoms with Crippen molar-refractivity contribution in [2.45, 2.75) is 18.9 Å². The molecule has 18 heavy (non-hydrogen) atoms. The third-order valence-electron chi connectivity index (χ3n) is 4.04. The third-order valence-corrected chi connectivity index (χ3v) is 4.67. The molecule has 3 nitrogen and oxygen atoms in total. The highest BCUT2D eigenvalue weighted by Gasteiger charge is 2.31. The summed E-state index contributed by atoms with van der Waals surface area (Å²) in [6.07, 6.45) is 3.55.